The first-order chi connectivity index (χ1) is 11.1. The maximum absolute atomic E-state index is 12.4. The molecule has 1 atom stereocenters. The number of halogens is 2. The Morgan fingerprint density at radius 3 is 2.57 bits per heavy atom. The predicted molar refractivity (Wildman–Crippen MR) is 91.5 cm³/mol. The number of hydrogen-bond donors (Lipinski definition) is 1. The maximum Gasteiger partial charge on any atom is 0.255 e. The van der Waals surface area contributed by atoms with Gasteiger partial charge in [0.25, 0.3) is 5.91 Å². The molecule has 2 aromatic rings. The molecule has 1 N–H and O–H groups in total. The highest BCUT2D eigenvalue weighted by Gasteiger charge is 2.17. The summed E-state index contributed by atoms with van der Waals surface area (Å²) in [7, 11) is 3.07. The molecule has 23 heavy (non-hydrogen) atoms. The molecule has 0 bridgehead atoms. The summed E-state index contributed by atoms with van der Waals surface area (Å²) >= 11 is 12.1. The summed E-state index contributed by atoms with van der Waals surface area (Å²) < 4.78 is 10.6. The van der Waals surface area contributed by atoms with Crippen LogP contribution in [0.25, 0.3) is 0 Å². The Bertz CT molecular complexity index is 691. The molecule has 2 aromatic carbocycles. The van der Waals surface area contributed by atoms with Gasteiger partial charge >= 0.3 is 0 Å². The lowest BCUT2D eigenvalue weighted by Crippen LogP contribution is -2.29. The average Bonchev–Trinajstić information content (AvgIpc) is 2.56. The van der Waals surface area contributed by atoms with Crippen molar-refractivity contribution >= 4 is 29.1 Å². The zero-order valence-electron chi connectivity index (χ0n) is 12.8. The first-order valence-electron chi connectivity index (χ1n) is 6.95. The monoisotopic (exact) mass is 353 g/mol. The van der Waals surface area contributed by atoms with Gasteiger partial charge in [0, 0.05) is 29.3 Å². The van der Waals surface area contributed by atoms with Gasteiger partial charge in [-0.2, -0.15) is 0 Å². The molecular formula is C17H17Cl2NO3. The summed E-state index contributed by atoms with van der Waals surface area (Å²) in [6.07, 6.45) is -0.349. The van der Waals surface area contributed by atoms with E-state index in [0.29, 0.717) is 21.4 Å². The second kappa shape index (κ2) is 8.20. The minimum Gasteiger partial charge on any atom is -0.496 e. The van der Waals surface area contributed by atoms with Gasteiger partial charge in [-0.25, -0.2) is 0 Å². The number of benzene rings is 2. The smallest absolute Gasteiger partial charge is 0.255 e. The number of carbonyl (C=O) groups excluding carboxylic acids is 1. The Hall–Kier alpha value is -1.75. The largest absolute Gasteiger partial charge is 0.496 e. The quantitative estimate of drug-likeness (QED) is 0.849. The van der Waals surface area contributed by atoms with Crippen molar-refractivity contribution in [2.24, 2.45) is 0 Å². The van der Waals surface area contributed by atoms with Gasteiger partial charge in [0.15, 0.2) is 0 Å². The Morgan fingerprint density at radius 2 is 1.91 bits per heavy atom. The number of methoxy groups -OCH3 is 2. The van der Waals surface area contributed by atoms with E-state index in [1.807, 2.05) is 18.2 Å². The van der Waals surface area contributed by atoms with Crippen LogP contribution >= 0.6 is 23.2 Å². The van der Waals surface area contributed by atoms with Gasteiger partial charge in [0.1, 0.15) is 11.9 Å². The van der Waals surface area contributed by atoms with Crippen LogP contribution in [0.15, 0.2) is 42.5 Å². The zero-order chi connectivity index (χ0) is 16.8. The van der Waals surface area contributed by atoms with Crippen LogP contribution in [0.1, 0.15) is 22.0 Å². The van der Waals surface area contributed by atoms with Crippen LogP contribution < -0.4 is 10.1 Å². The molecule has 0 aliphatic carbocycles. The molecule has 4 nitrogen and oxygen atoms in total. The van der Waals surface area contributed by atoms with E-state index < -0.39 is 0 Å². The van der Waals surface area contributed by atoms with Crippen molar-refractivity contribution in [1.82, 2.24) is 5.32 Å². The topological polar surface area (TPSA) is 47.6 Å². The lowest BCUT2D eigenvalue weighted by Gasteiger charge is -2.18. The van der Waals surface area contributed by atoms with E-state index >= 15 is 0 Å². The molecule has 122 valence electrons. The highest BCUT2D eigenvalue weighted by molar-refractivity contribution is 6.31. The van der Waals surface area contributed by atoms with Crippen molar-refractivity contribution in [2.75, 3.05) is 20.8 Å². The molecule has 0 saturated carbocycles. The number of rotatable bonds is 6. The molecule has 0 aliphatic rings. The van der Waals surface area contributed by atoms with Gasteiger partial charge in [-0.15, -0.1) is 0 Å². The fourth-order valence-electron chi connectivity index (χ4n) is 2.19. The minimum atomic E-state index is -0.349. The molecule has 1 amide bonds. The van der Waals surface area contributed by atoms with E-state index in [1.165, 1.54) is 7.11 Å². The van der Waals surface area contributed by atoms with Crippen LogP contribution in [0.4, 0.5) is 0 Å². The van der Waals surface area contributed by atoms with Gasteiger partial charge in [-0.1, -0.05) is 41.4 Å². The molecule has 6 heteroatoms. The van der Waals surface area contributed by atoms with Crippen molar-refractivity contribution in [3.8, 4) is 5.75 Å². The summed E-state index contributed by atoms with van der Waals surface area (Å²) in [6, 6.07) is 12.2. The summed E-state index contributed by atoms with van der Waals surface area (Å²) in [5.74, 6) is 0.164. The maximum atomic E-state index is 12.4. The molecule has 0 aliphatic heterocycles. The Morgan fingerprint density at radius 1 is 1.17 bits per heavy atom. The van der Waals surface area contributed by atoms with E-state index in [1.54, 1.807) is 31.4 Å². The number of hydrogen-bond acceptors (Lipinski definition) is 3. The number of amides is 1. The van der Waals surface area contributed by atoms with Gasteiger partial charge in [0.05, 0.1) is 12.7 Å². The third-order valence-corrected chi connectivity index (χ3v) is 3.97. The normalized spacial score (nSPS) is 11.8. The van der Waals surface area contributed by atoms with E-state index in [2.05, 4.69) is 5.32 Å². The average molecular weight is 354 g/mol. The van der Waals surface area contributed by atoms with Crippen molar-refractivity contribution in [3.63, 3.8) is 0 Å². The SMILES string of the molecule is COc1ccc(Cl)cc1C(=O)NCC(OC)c1ccccc1Cl. The Balaban J connectivity index is 2.12. The molecule has 0 radical (unpaired) electrons. The first kappa shape index (κ1) is 17.6. The van der Waals surface area contributed by atoms with E-state index in [-0.39, 0.29) is 18.6 Å². The highest BCUT2D eigenvalue weighted by atomic mass is 35.5. The molecule has 1 unspecified atom stereocenters. The van der Waals surface area contributed by atoms with Crippen LogP contribution in [0.3, 0.4) is 0 Å². The summed E-state index contributed by atoms with van der Waals surface area (Å²) in [4.78, 5) is 12.4. The number of nitrogens with one attached hydrogen (secondary N) is 1. The molecule has 0 saturated heterocycles. The standard InChI is InChI=1S/C17H17Cl2NO3/c1-22-15-8-7-11(18)9-13(15)17(21)20-10-16(23-2)12-5-3-4-6-14(12)19/h3-9,16H,10H2,1-2H3,(H,20,21). The summed E-state index contributed by atoms with van der Waals surface area (Å²) in [5, 5.41) is 3.87. The molecule has 0 fully saturated rings. The molecule has 0 heterocycles. The molecule has 0 spiro atoms. The van der Waals surface area contributed by atoms with Gasteiger partial charge in [-0.3, -0.25) is 4.79 Å². The second-order valence-electron chi connectivity index (χ2n) is 4.80. The lowest BCUT2D eigenvalue weighted by atomic mass is 10.1. The fraction of sp³-hybridized carbons (Fsp3) is 0.235. The second-order valence-corrected chi connectivity index (χ2v) is 5.64. The summed E-state index contributed by atoms with van der Waals surface area (Å²) in [6.45, 7) is 0.273. The van der Waals surface area contributed by atoms with Crippen LogP contribution in [0.5, 0.6) is 5.75 Å². The van der Waals surface area contributed by atoms with E-state index in [9.17, 15) is 4.79 Å². The van der Waals surface area contributed by atoms with Crippen molar-refractivity contribution < 1.29 is 14.3 Å². The van der Waals surface area contributed by atoms with E-state index in [4.69, 9.17) is 32.7 Å². The van der Waals surface area contributed by atoms with Crippen molar-refractivity contribution in [3.05, 3.63) is 63.6 Å². The van der Waals surface area contributed by atoms with Gasteiger partial charge in [-0.05, 0) is 24.3 Å². The zero-order valence-corrected chi connectivity index (χ0v) is 14.3. The van der Waals surface area contributed by atoms with E-state index in [0.717, 1.165) is 5.56 Å². The lowest BCUT2D eigenvalue weighted by molar-refractivity contribution is 0.0826. The molecule has 0 aromatic heterocycles. The predicted octanol–water partition coefficient (Wildman–Crippen LogP) is 4.12. The number of ether oxygens (including phenoxy) is 2. The third-order valence-electron chi connectivity index (χ3n) is 3.39. The highest BCUT2D eigenvalue weighted by Crippen LogP contribution is 2.25. The van der Waals surface area contributed by atoms with Crippen molar-refractivity contribution in [2.45, 2.75) is 6.10 Å². The van der Waals surface area contributed by atoms with Crippen LogP contribution in [0, 0.1) is 0 Å². The van der Waals surface area contributed by atoms with Crippen LogP contribution in [-0.4, -0.2) is 26.7 Å². The van der Waals surface area contributed by atoms with Gasteiger partial charge in [0.2, 0.25) is 0 Å². The molecule has 2 rings (SSSR count). The fourth-order valence-corrected chi connectivity index (χ4v) is 2.62. The first-order valence-corrected chi connectivity index (χ1v) is 7.71. The third kappa shape index (κ3) is 4.38. The Labute approximate surface area is 145 Å². The summed E-state index contributed by atoms with van der Waals surface area (Å²) in [5.41, 5.74) is 1.18. The molecular weight excluding hydrogens is 337 g/mol. The Kier molecular flexibility index (Phi) is 6.28. The number of carbonyl (C=O) groups is 1. The minimum absolute atomic E-state index is 0.273. The van der Waals surface area contributed by atoms with Crippen LogP contribution in [-0.2, 0) is 4.74 Å². The van der Waals surface area contributed by atoms with Crippen molar-refractivity contribution in [1.29, 1.82) is 0 Å². The van der Waals surface area contributed by atoms with Crippen LogP contribution in [0.2, 0.25) is 10.0 Å². The van der Waals surface area contributed by atoms with Gasteiger partial charge < -0.3 is 14.8 Å².